The Labute approximate surface area is 194 Å². The fourth-order valence-electron chi connectivity index (χ4n) is 3.11. The van der Waals surface area contributed by atoms with E-state index in [4.69, 9.17) is 27.9 Å². The van der Waals surface area contributed by atoms with Crippen molar-refractivity contribution in [3.63, 3.8) is 0 Å². The molecule has 1 unspecified atom stereocenters. The highest BCUT2D eigenvalue weighted by Gasteiger charge is 2.28. The van der Waals surface area contributed by atoms with E-state index in [0.717, 1.165) is 16.7 Å². The number of nitrogens with zero attached hydrogens (tertiary/aromatic N) is 1. The van der Waals surface area contributed by atoms with Crippen LogP contribution in [-0.2, 0) is 16.1 Å². The lowest BCUT2D eigenvalue weighted by Gasteiger charge is -2.31. The molecular weight excluding hydrogens is 435 g/mol. The van der Waals surface area contributed by atoms with Crippen LogP contribution in [0.1, 0.15) is 44.4 Å². The van der Waals surface area contributed by atoms with Crippen molar-refractivity contribution in [2.45, 2.75) is 59.7 Å². The maximum atomic E-state index is 13.1. The molecule has 2 aromatic carbocycles. The van der Waals surface area contributed by atoms with Crippen LogP contribution in [0.4, 0.5) is 0 Å². The molecule has 1 N–H and O–H groups in total. The molecule has 0 saturated heterocycles. The van der Waals surface area contributed by atoms with Crippen LogP contribution in [0.2, 0.25) is 10.0 Å². The van der Waals surface area contributed by atoms with Crippen LogP contribution in [0.3, 0.4) is 0 Å². The molecule has 0 heterocycles. The lowest BCUT2D eigenvalue weighted by atomic mass is 10.1. The number of benzene rings is 2. The van der Waals surface area contributed by atoms with Gasteiger partial charge in [0, 0.05) is 22.1 Å². The van der Waals surface area contributed by atoms with Gasteiger partial charge in [-0.05, 0) is 82.5 Å². The van der Waals surface area contributed by atoms with E-state index in [0.29, 0.717) is 15.8 Å². The van der Waals surface area contributed by atoms with Crippen LogP contribution in [0.5, 0.6) is 5.75 Å². The minimum Gasteiger partial charge on any atom is -0.484 e. The van der Waals surface area contributed by atoms with Crippen LogP contribution in [0, 0.1) is 13.8 Å². The van der Waals surface area contributed by atoms with Gasteiger partial charge in [0.2, 0.25) is 5.91 Å². The summed E-state index contributed by atoms with van der Waals surface area (Å²) in [5.74, 6) is 0.0186. The van der Waals surface area contributed by atoms with E-state index in [-0.39, 0.29) is 25.0 Å². The molecule has 168 valence electrons. The third-order valence-corrected chi connectivity index (χ3v) is 5.51. The highest BCUT2D eigenvalue weighted by atomic mass is 35.5. The molecule has 0 spiro atoms. The second kappa shape index (κ2) is 10.4. The number of carbonyl (C=O) groups excluding carboxylic acids is 2. The zero-order valence-electron chi connectivity index (χ0n) is 18.9. The summed E-state index contributed by atoms with van der Waals surface area (Å²) >= 11 is 12.3. The van der Waals surface area contributed by atoms with E-state index in [1.54, 1.807) is 31.2 Å². The lowest BCUT2D eigenvalue weighted by Crippen LogP contribution is -2.53. The fourth-order valence-corrected chi connectivity index (χ4v) is 3.43. The molecule has 1 atom stereocenters. The second-order valence-corrected chi connectivity index (χ2v) is 9.54. The van der Waals surface area contributed by atoms with Crippen molar-refractivity contribution in [3.05, 3.63) is 63.1 Å². The number of carbonyl (C=O) groups is 2. The van der Waals surface area contributed by atoms with E-state index in [1.165, 1.54) is 4.90 Å². The number of hydrogen-bond donors (Lipinski definition) is 1. The highest BCUT2D eigenvalue weighted by Crippen LogP contribution is 2.26. The molecular formula is C24H30Cl2N2O3. The third-order valence-electron chi connectivity index (χ3n) is 4.68. The first-order valence-electron chi connectivity index (χ1n) is 10.1. The Morgan fingerprint density at radius 3 is 2.26 bits per heavy atom. The van der Waals surface area contributed by atoms with Gasteiger partial charge in [0.05, 0.1) is 0 Å². The second-order valence-electron chi connectivity index (χ2n) is 8.73. The Balaban J connectivity index is 2.21. The molecule has 0 aromatic heterocycles. The first-order chi connectivity index (χ1) is 14.4. The Bertz CT molecular complexity index is 931. The van der Waals surface area contributed by atoms with E-state index >= 15 is 0 Å². The lowest BCUT2D eigenvalue weighted by molar-refractivity contribution is -0.142. The van der Waals surface area contributed by atoms with Gasteiger partial charge in [0.25, 0.3) is 5.91 Å². The van der Waals surface area contributed by atoms with Crippen LogP contribution in [0.15, 0.2) is 36.4 Å². The van der Waals surface area contributed by atoms with Crippen molar-refractivity contribution in [1.82, 2.24) is 10.2 Å². The Kier molecular flexibility index (Phi) is 8.38. The Hall–Kier alpha value is -2.24. The van der Waals surface area contributed by atoms with Crippen LogP contribution >= 0.6 is 23.2 Å². The molecule has 7 heteroatoms. The van der Waals surface area contributed by atoms with Crippen LogP contribution < -0.4 is 10.1 Å². The first-order valence-corrected chi connectivity index (χ1v) is 10.9. The topological polar surface area (TPSA) is 58.6 Å². The summed E-state index contributed by atoms with van der Waals surface area (Å²) in [4.78, 5) is 27.4. The third kappa shape index (κ3) is 7.44. The minimum absolute atomic E-state index is 0.200. The maximum absolute atomic E-state index is 13.1. The molecule has 0 fully saturated rings. The van der Waals surface area contributed by atoms with Crippen LogP contribution in [-0.4, -0.2) is 34.9 Å². The van der Waals surface area contributed by atoms with Crippen LogP contribution in [0.25, 0.3) is 0 Å². The Morgan fingerprint density at radius 2 is 1.71 bits per heavy atom. The number of hydrogen-bond acceptors (Lipinski definition) is 3. The summed E-state index contributed by atoms with van der Waals surface area (Å²) in [6.45, 7) is 11.2. The molecule has 31 heavy (non-hydrogen) atoms. The van der Waals surface area contributed by atoms with Gasteiger partial charge in [-0.1, -0.05) is 35.3 Å². The van der Waals surface area contributed by atoms with Gasteiger partial charge in [-0.15, -0.1) is 0 Å². The Morgan fingerprint density at radius 1 is 1.10 bits per heavy atom. The van der Waals surface area contributed by atoms with Crippen molar-refractivity contribution in [1.29, 1.82) is 0 Å². The van der Waals surface area contributed by atoms with Gasteiger partial charge in [-0.3, -0.25) is 9.59 Å². The number of aryl methyl sites for hydroxylation is 2. The quantitative estimate of drug-likeness (QED) is 0.602. The predicted molar refractivity (Wildman–Crippen MR) is 126 cm³/mol. The molecule has 5 nitrogen and oxygen atoms in total. The molecule has 0 radical (unpaired) electrons. The molecule has 2 rings (SSSR count). The molecule has 0 aliphatic carbocycles. The molecule has 0 aliphatic heterocycles. The summed E-state index contributed by atoms with van der Waals surface area (Å²) in [6.07, 6.45) is 0. The first kappa shape index (κ1) is 25.0. The predicted octanol–water partition coefficient (Wildman–Crippen LogP) is 5.32. The standard InChI is InChI=1S/C24H30Cl2N2O3/c1-15-10-20(11-16(2)22(15)26)31-14-21(29)28(13-18-8-7-9-19(25)12-18)17(3)23(30)27-24(4,5)6/h7-12,17H,13-14H2,1-6H3,(H,27,30). The van der Waals surface area contributed by atoms with Crippen molar-refractivity contribution in [3.8, 4) is 5.75 Å². The molecule has 0 bridgehead atoms. The van der Waals surface area contributed by atoms with Gasteiger partial charge in [0.1, 0.15) is 11.8 Å². The minimum atomic E-state index is -0.692. The summed E-state index contributed by atoms with van der Waals surface area (Å²) < 4.78 is 5.75. The summed E-state index contributed by atoms with van der Waals surface area (Å²) in [6, 6.07) is 10.1. The summed E-state index contributed by atoms with van der Waals surface area (Å²) in [5.41, 5.74) is 2.16. The van der Waals surface area contributed by atoms with E-state index in [1.807, 2.05) is 46.8 Å². The normalized spacial score (nSPS) is 12.3. The largest absolute Gasteiger partial charge is 0.484 e. The van der Waals surface area contributed by atoms with Crippen molar-refractivity contribution < 1.29 is 14.3 Å². The SMILES string of the molecule is Cc1cc(OCC(=O)N(Cc2cccc(Cl)c2)C(C)C(=O)NC(C)(C)C)cc(C)c1Cl. The maximum Gasteiger partial charge on any atom is 0.261 e. The van der Waals surface area contributed by atoms with E-state index < -0.39 is 11.6 Å². The van der Waals surface area contributed by atoms with Crippen molar-refractivity contribution in [2.75, 3.05) is 6.61 Å². The number of rotatable bonds is 7. The zero-order valence-corrected chi connectivity index (χ0v) is 20.4. The summed E-state index contributed by atoms with van der Waals surface area (Å²) in [5, 5.41) is 4.18. The van der Waals surface area contributed by atoms with Crippen molar-refractivity contribution >= 4 is 35.0 Å². The van der Waals surface area contributed by atoms with Gasteiger partial charge in [-0.2, -0.15) is 0 Å². The number of nitrogens with one attached hydrogen (secondary N) is 1. The number of ether oxygens (including phenoxy) is 1. The average molecular weight is 465 g/mol. The molecule has 2 aromatic rings. The molecule has 0 aliphatic rings. The monoisotopic (exact) mass is 464 g/mol. The molecule has 0 saturated carbocycles. The van der Waals surface area contributed by atoms with Gasteiger partial charge >= 0.3 is 0 Å². The van der Waals surface area contributed by atoms with Crippen molar-refractivity contribution in [2.24, 2.45) is 0 Å². The number of amides is 2. The smallest absolute Gasteiger partial charge is 0.261 e. The van der Waals surface area contributed by atoms with Gasteiger partial charge in [-0.25, -0.2) is 0 Å². The van der Waals surface area contributed by atoms with Gasteiger partial charge in [0.15, 0.2) is 6.61 Å². The average Bonchev–Trinajstić information content (AvgIpc) is 2.66. The zero-order chi connectivity index (χ0) is 23.3. The summed E-state index contributed by atoms with van der Waals surface area (Å²) in [7, 11) is 0. The van der Waals surface area contributed by atoms with E-state index in [2.05, 4.69) is 5.32 Å². The highest BCUT2D eigenvalue weighted by molar-refractivity contribution is 6.32. The molecule has 2 amide bonds. The van der Waals surface area contributed by atoms with E-state index in [9.17, 15) is 9.59 Å². The van der Waals surface area contributed by atoms with Gasteiger partial charge < -0.3 is 15.0 Å². The number of halogens is 2. The fraction of sp³-hybridized carbons (Fsp3) is 0.417.